The summed E-state index contributed by atoms with van der Waals surface area (Å²) in [6, 6.07) is 8.37. The molecule has 25 heavy (non-hydrogen) atoms. The van der Waals surface area contributed by atoms with Gasteiger partial charge in [0.05, 0.1) is 22.8 Å². The number of pyridine rings is 1. The van der Waals surface area contributed by atoms with E-state index in [0.717, 1.165) is 16.1 Å². The predicted octanol–water partition coefficient (Wildman–Crippen LogP) is 2.47. The Balaban J connectivity index is 2.02. The van der Waals surface area contributed by atoms with Gasteiger partial charge >= 0.3 is 0 Å². The minimum Gasteiger partial charge on any atom is -0.351 e. The van der Waals surface area contributed by atoms with Crippen molar-refractivity contribution >= 4 is 39.1 Å². The zero-order valence-electron chi connectivity index (χ0n) is 13.4. The first-order valence-electron chi connectivity index (χ1n) is 7.30. The molecule has 0 saturated heterocycles. The highest BCUT2D eigenvalue weighted by atomic mass is 35.5. The smallest absolute Gasteiger partial charge is 0.235 e. The molecule has 0 aliphatic carbocycles. The molecule has 1 N–H and O–H groups in total. The first kappa shape index (κ1) is 19.7. The molecule has 0 aliphatic heterocycles. The van der Waals surface area contributed by atoms with E-state index in [1.54, 1.807) is 42.7 Å². The van der Waals surface area contributed by atoms with Crippen LogP contribution in [0.3, 0.4) is 0 Å². The Labute approximate surface area is 156 Å². The SMILES string of the molecule is CS(=O)(=O)N(CC(=O)NCc1ccncc1)Cc1ccc(Cl)c(Cl)c1. The Bertz CT molecular complexity index is 845. The molecule has 0 atom stereocenters. The second-order valence-electron chi connectivity index (χ2n) is 5.41. The van der Waals surface area contributed by atoms with Gasteiger partial charge in [0, 0.05) is 25.5 Å². The number of hydrogen-bond acceptors (Lipinski definition) is 4. The molecule has 1 aromatic carbocycles. The number of hydrogen-bond donors (Lipinski definition) is 1. The predicted molar refractivity (Wildman–Crippen MR) is 97.8 cm³/mol. The standard InChI is InChI=1S/C16H17Cl2N3O3S/c1-25(23,24)21(10-13-2-3-14(17)15(18)8-13)11-16(22)20-9-12-4-6-19-7-5-12/h2-8H,9-11H2,1H3,(H,20,22). The molecule has 0 unspecified atom stereocenters. The summed E-state index contributed by atoms with van der Waals surface area (Å²) in [7, 11) is -3.58. The highest BCUT2D eigenvalue weighted by Crippen LogP contribution is 2.23. The van der Waals surface area contributed by atoms with Crippen LogP contribution in [0.5, 0.6) is 0 Å². The Morgan fingerprint density at radius 2 is 1.80 bits per heavy atom. The lowest BCUT2D eigenvalue weighted by molar-refractivity contribution is -0.121. The van der Waals surface area contributed by atoms with Crippen molar-refractivity contribution in [2.24, 2.45) is 0 Å². The van der Waals surface area contributed by atoms with Gasteiger partial charge in [-0.25, -0.2) is 8.42 Å². The quantitative estimate of drug-likeness (QED) is 0.772. The maximum absolute atomic E-state index is 12.1. The third kappa shape index (κ3) is 6.28. The molecule has 1 aromatic heterocycles. The summed E-state index contributed by atoms with van der Waals surface area (Å²) in [5.41, 5.74) is 1.51. The van der Waals surface area contributed by atoms with E-state index in [4.69, 9.17) is 23.2 Å². The number of benzene rings is 1. The maximum atomic E-state index is 12.1. The maximum Gasteiger partial charge on any atom is 0.235 e. The Hall–Kier alpha value is -1.67. The molecule has 0 spiro atoms. The average molecular weight is 402 g/mol. The van der Waals surface area contributed by atoms with E-state index in [2.05, 4.69) is 10.3 Å². The number of aromatic nitrogens is 1. The third-order valence-electron chi connectivity index (χ3n) is 3.37. The molecule has 1 amide bonds. The van der Waals surface area contributed by atoms with E-state index < -0.39 is 15.9 Å². The second kappa shape index (κ2) is 8.62. The highest BCUT2D eigenvalue weighted by Gasteiger charge is 2.20. The van der Waals surface area contributed by atoms with E-state index in [9.17, 15) is 13.2 Å². The molecule has 134 valence electrons. The minimum absolute atomic E-state index is 0.0262. The van der Waals surface area contributed by atoms with Gasteiger partial charge in [-0.2, -0.15) is 4.31 Å². The number of sulfonamides is 1. The highest BCUT2D eigenvalue weighted by molar-refractivity contribution is 7.88. The van der Waals surface area contributed by atoms with Crippen LogP contribution < -0.4 is 5.32 Å². The van der Waals surface area contributed by atoms with Gasteiger partial charge in [-0.1, -0.05) is 29.3 Å². The van der Waals surface area contributed by atoms with E-state index in [1.165, 1.54) is 0 Å². The Kier molecular flexibility index (Phi) is 6.78. The van der Waals surface area contributed by atoms with Gasteiger partial charge < -0.3 is 5.32 Å². The van der Waals surface area contributed by atoms with Crippen molar-refractivity contribution in [1.29, 1.82) is 0 Å². The molecule has 2 rings (SSSR count). The number of carbonyl (C=O) groups excluding carboxylic acids is 1. The number of rotatable bonds is 7. The number of halogens is 2. The van der Waals surface area contributed by atoms with E-state index in [0.29, 0.717) is 22.2 Å². The van der Waals surface area contributed by atoms with Crippen LogP contribution in [0.4, 0.5) is 0 Å². The fourth-order valence-electron chi connectivity index (χ4n) is 2.05. The lowest BCUT2D eigenvalue weighted by Crippen LogP contribution is -2.39. The molecule has 0 fully saturated rings. The summed E-state index contributed by atoms with van der Waals surface area (Å²) in [5.74, 6) is -0.401. The van der Waals surface area contributed by atoms with Crippen molar-refractivity contribution in [2.45, 2.75) is 13.1 Å². The molecular formula is C16H17Cl2N3O3S. The Morgan fingerprint density at radius 3 is 2.40 bits per heavy atom. The van der Waals surface area contributed by atoms with Crippen LogP contribution in [0.25, 0.3) is 0 Å². The fraction of sp³-hybridized carbons (Fsp3) is 0.250. The Morgan fingerprint density at radius 1 is 1.12 bits per heavy atom. The first-order chi connectivity index (χ1) is 11.8. The van der Waals surface area contributed by atoms with Crippen molar-refractivity contribution in [3.05, 3.63) is 63.9 Å². The lowest BCUT2D eigenvalue weighted by atomic mass is 10.2. The van der Waals surface area contributed by atoms with Crippen LogP contribution >= 0.6 is 23.2 Å². The van der Waals surface area contributed by atoms with Crippen molar-refractivity contribution in [3.63, 3.8) is 0 Å². The van der Waals surface area contributed by atoms with Gasteiger partial charge in [-0.05, 0) is 35.4 Å². The molecular weight excluding hydrogens is 385 g/mol. The van der Waals surface area contributed by atoms with Gasteiger partial charge in [0.25, 0.3) is 0 Å². The van der Waals surface area contributed by atoms with Crippen molar-refractivity contribution in [3.8, 4) is 0 Å². The number of nitrogens with one attached hydrogen (secondary N) is 1. The van der Waals surface area contributed by atoms with Crippen LogP contribution in [0.1, 0.15) is 11.1 Å². The molecule has 6 nitrogen and oxygen atoms in total. The van der Waals surface area contributed by atoms with Crippen LogP contribution in [-0.4, -0.2) is 36.4 Å². The molecule has 0 bridgehead atoms. The normalized spacial score (nSPS) is 11.5. The van der Waals surface area contributed by atoms with Crippen LogP contribution in [0.2, 0.25) is 10.0 Å². The summed E-state index contributed by atoms with van der Waals surface area (Å²) in [6.45, 7) is 0.0360. The summed E-state index contributed by atoms with van der Waals surface area (Å²) >= 11 is 11.8. The largest absolute Gasteiger partial charge is 0.351 e. The summed E-state index contributed by atoms with van der Waals surface area (Å²) < 4.78 is 25.0. The molecule has 9 heteroatoms. The zero-order chi connectivity index (χ0) is 18.4. The van der Waals surface area contributed by atoms with Crippen molar-refractivity contribution in [2.75, 3.05) is 12.8 Å². The fourth-order valence-corrected chi connectivity index (χ4v) is 3.11. The third-order valence-corrected chi connectivity index (χ3v) is 5.31. The van der Waals surface area contributed by atoms with Crippen LogP contribution in [0.15, 0.2) is 42.7 Å². The van der Waals surface area contributed by atoms with Crippen LogP contribution in [0, 0.1) is 0 Å². The minimum atomic E-state index is -3.58. The summed E-state index contributed by atoms with van der Waals surface area (Å²) in [5, 5.41) is 3.40. The van der Waals surface area contributed by atoms with Crippen molar-refractivity contribution < 1.29 is 13.2 Å². The van der Waals surface area contributed by atoms with Crippen molar-refractivity contribution in [1.82, 2.24) is 14.6 Å². The van der Waals surface area contributed by atoms with Gasteiger partial charge in [0.2, 0.25) is 15.9 Å². The molecule has 1 heterocycles. The molecule has 2 aromatic rings. The summed E-state index contributed by atoms with van der Waals surface area (Å²) in [4.78, 5) is 16.0. The number of amides is 1. The number of nitrogens with zero attached hydrogens (tertiary/aromatic N) is 2. The number of carbonyl (C=O) groups is 1. The average Bonchev–Trinajstić information content (AvgIpc) is 2.56. The molecule has 0 saturated carbocycles. The summed E-state index contributed by atoms with van der Waals surface area (Å²) in [6.07, 6.45) is 4.30. The van der Waals surface area contributed by atoms with Crippen LogP contribution in [-0.2, 0) is 27.9 Å². The lowest BCUT2D eigenvalue weighted by Gasteiger charge is -2.20. The zero-order valence-corrected chi connectivity index (χ0v) is 15.8. The topological polar surface area (TPSA) is 79.4 Å². The molecule has 0 aliphatic rings. The second-order valence-corrected chi connectivity index (χ2v) is 8.21. The molecule has 0 radical (unpaired) electrons. The first-order valence-corrected chi connectivity index (χ1v) is 9.91. The van der Waals surface area contributed by atoms with E-state index in [-0.39, 0.29) is 13.1 Å². The van der Waals surface area contributed by atoms with E-state index >= 15 is 0 Å². The van der Waals surface area contributed by atoms with Gasteiger partial charge in [0.15, 0.2) is 0 Å². The van der Waals surface area contributed by atoms with Gasteiger partial charge in [-0.3, -0.25) is 9.78 Å². The van der Waals surface area contributed by atoms with Gasteiger partial charge in [0.1, 0.15) is 0 Å². The van der Waals surface area contributed by atoms with Gasteiger partial charge in [-0.15, -0.1) is 0 Å². The van der Waals surface area contributed by atoms with E-state index in [1.807, 2.05) is 0 Å². The monoisotopic (exact) mass is 401 g/mol.